The summed E-state index contributed by atoms with van der Waals surface area (Å²) >= 11 is 0. The van der Waals surface area contributed by atoms with Gasteiger partial charge in [-0.3, -0.25) is 0 Å². The highest BCUT2D eigenvalue weighted by Gasteiger charge is 2.22. The number of aromatic nitrogens is 4. The molecule has 0 amide bonds. The number of rotatable bonds is 3. The predicted molar refractivity (Wildman–Crippen MR) is 94.8 cm³/mol. The first-order chi connectivity index (χ1) is 12.8. The molecule has 4 aromatic rings. The maximum Gasteiger partial charge on any atom is 0.255 e. The Labute approximate surface area is 148 Å². The summed E-state index contributed by atoms with van der Waals surface area (Å²) in [5, 5.41) is 7.77. The first-order valence-corrected chi connectivity index (χ1v) is 8.63. The highest BCUT2D eigenvalue weighted by atomic mass is 19.1. The summed E-state index contributed by atoms with van der Waals surface area (Å²) in [5.74, 6) is 1.93. The molecule has 130 valence electrons. The topological polar surface area (TPSA) is 68.2 Å². The van der Waals surface area contributed by atoms with Crippen molar-refractivity contribution >= 4 is 17.3 Å². The maximum atomic E-state index is 14.2. The number of nitrogens with one attached hydrogen (secondary N) is 1. The minimum Gasteiger partial charge on any atom is -0.461 e. The molecule has 7 heteroatoms. The zero-order chi connectivity index (χ0) is 17.5. The fourth-order valence-electron chi connectivity index (χ4n) is 3.37. The molecule has 1 aliphatic carbocycles. The van der Waals surface area contributed by atoms with Crippen LogP contribution in [-0.4, -0.2) is 19.6 Å². The molecule has 0 radical (unpaired) electrons. The van der Waals surface area contributed by atoms with Gasteiger partial charge in [0, 0.05) is 5.56 Å². The summed E-state index contributed by atoms with van der Waals surface area (Å²) in [6, 6.07) is 10.2. The standard InChI is InChI=1S/C19H16FN5O/c20-13-7-2-4-9-15(13)21-18-12-6-1-3-8-14(12)22-19-23-17(24-25(18)19)16-10-5-11-26-16/h2,4-5,7,9-11,21H,1,3,6,8H2. The van der Waals surface area contributed by atoms with Crippen LogP contribution in [0.25, 0.3) is 17.4 Å². The Morgan fingerprint density at radius 1 is 1.04 bits per heavy atom. The normalized spacial score (nSPS) is 13.7. The second-order valence-corrected chi connectivity index (χ2v) is 6.32. The van der Waals surface area contributed by atoms with Gasteiger partial charge in [0.1, 0.15) is 11.6 Å². The van der Waals surface area contributed by atoms with Crippen LogP contribution in [0.3, 0.4) is 0 Å². The van der Waals surface area contributed by atoms with Crippen molar-refractivity contribution in [3.05, 3.63) is 59.7 Å². The van der Waals surface area contributed by atoms with Gasteiger partial charge in [-0.25, -0.2) is 9.37 Å². The molecular weight excluding hydrogens is 333 g/mol. The molecule has 1 aromatic carbocycles. The second-order valence-electron chi connectivity index (χ2n) is 6.32. The van der Waals surface area contributed by atoms with Gasteiger partial charge in [0.25, 0.3) is 5.78 Å². The summed E-state index contributed by atoms with van der Waals surface area (Å²) in [7, 11) is 0. The van der Waals surface area contributed by atoms with E-state index in [1.807, 2.05) is 0 Å². The van der Waals surface area contributed by atoms with Gasteiger partial charge in [-0.1, -0.05) is 12.1 Å². The smallest absolute Gasteiger partial charge is 0.255 e. The van der Waals surface area contributed by atoms with Gasteiger partial charge in [-0.15, -0.1) is 5.10 Å². The van der Waals surface area contributed by atoms with Crippen LogP contribution in [0.1, 0.15) is 24.1 Å². The molecule has 0 bridgehead atoms. The summed E-state index contributed by atoms with van der Waals surface area (Å²) < 4.78 is 21.3. The summed E-state index contributed by atoms with van der Waals surface area (Å²) in [6.45, 7) is 0. The third kappa shape index (κ3) is 2.44. The summed E-state index contributed by atoms with van der Waals surface area (Å²) in [6.07, 6.45) is 5.52. The summed E-state index contributed by atoms with van der Waals surface area (Å²) in [5.41, 5.74) is 2.48. The molecule has 3 heterocycles. The number of aryl methyl sites for hydroxylation is 1. The van der Waals surface area contributed by atoms with Crippen molar-refractivity contribution in [3.63, 3.8) is 0 Å². The van der Waals surface area contributed by atoms with Crippen molar-refractivity contribution in [1.29, 1.82) is 0 Å². The highest BCUT2D eigenvalue weighted by Crippen LogP contribution is 2.31. The number of nitrogens with zero attached hydrogens (tertiary/aromatic N) is 4. The van der Waals surface area contributed by atoms with E-state index in [9.17, 15) is 4.39 Å². The van der Waals surface area contributed by atoms with Crippen LogP contribution >= 0.6 is 0 Å². The van der Waals surface area contributed by atoms with Gasteiger partial charge in [0.15, 0.2) is 5.76 Å². The Balaban J connectivity index is 1.72. The fraction of sp³-hybridized carbons (Fsp3) is 0.211. The van der Waals surface area contributed by atoms with E-state index in [-0.39, 0.29) is 5.82 Å². The molecule has 1 aliphatic rings. The number of para-hydroxylation sites is 1. The van der Waals surface area contributed by atoms with Crippen LogP contribution < -0.4 is 5.32 Å². The molecule has 0 unspecified atom stereocenters. The Kier molecular flexibility index (Phi) is 3.44. The molecule has 1 N–H and O–H groups in total. The molecule has 0 aliphatic heterocycles. The molecule has 0 saturated carbocycles. The molecule has 0 spiro atoms. The van der Waals surface area contributed by atoms with Gasteiger partial charge < -0.3 is 9.73 Å². The Morgan fingerprint density at radius 2 is 1.92 bits per heavy atom. The van der Waals surface area contributed by atoms with Crippen molar-refractivity contribution in [2.24, 2.45) is 0 Å². The number of benzene rings is 1. The molecule has 0 saturated heterocycles. The molecule has 5 rings (SSSR count). The van der Waals surface area contributed by atoms with Crippen LogP contribution in [0.5, 0.6) is 0 Å². The van der Waals surface area contributed by atoms with E-state index in [2.05, 4.69) is 20.4 Å². The van der Waals surface area contributed by atoms with Crippen LogP contribution in [0, 0.1) is 5.82 Å². The lowest BCUT2D eigenvalue weighted by Gasteiger charge is -2.20. The Bertz CT molecular complexity index is 1090. The van der Waals surface area contributed by atoms with Crippen LogP contribution in [-0.2, 0) is 12.8 Å². The number of halogens is 1. The molecule has 0 atom stereocenters. The van der Waals surface area contributed by atoms with Gasteiger partial charge in [-0.2, -0.15) is 9.50 Å². The SMILES string of the molecule is Fc1ccccc1Nc1c2c(nc3nc(-c4ccco4)nn13)CCCC2. The third-order valence-corrected chi connectivity index (χ3v) is 4.63. The largest absolute Gasteiger partial charge is 0.461 e. The number of fused-ring (bicyclic) bond motifs is 2. The van der Waals surface area contributed by atoms with E-state index < -0.39 is 0 Å². The molecular formula is C19H16FN5O. The number of anilines is 2. The number of furan rings is 1. The van der Waals surface area contributed by atoms with Crippen molar-refractivity contribution in [2.75, 3.05) is 5.32 Å². The first kappa shape index (κ1) is 15.1. The lowest BCUT2D eigenvalue weighted by atomic mass is 9.96. The monoisotopic (exact) mass is 349 g/mol. The van der Waals surface area contributed by atoms with Crippen LogP contribution in [0.15, 0.2) is 47.1 Å². The van der Waals surface area contributed by atoms with Crippen molar-refractivity contribution in [2.45, 2.75) is 25.7 Å². The third-order valence-electron chi connectivity index (χ3n) is 4.63. The van der Waals surface area contributed by atoms with E-state index in [0.717, 1.165) is 42.8 Å². The molecule has 26 heavy (non-hydrogen) atoms. The lowest BCUT2D eigenvalue weighted by molar-refractivity contribution is 0.577. The van der Waals surface area contributed by atoms with E-state index in [4.69, 9.17) is 4.42 Å². The average Bonchev–Trinajstić information content (AvgIpc) is 3.32. The summed E-state index contributed by atoms with van der Waals surface area (Å²) in [4.78, 5) is 9.19. The van der Waals surface area contributed by atoms with Gasteiger partial charge in [-0.05, 0) is 49.9 Å². The molecule has 3 aromatic heterocycles. The van der Waals surface area contributed by atoms with Gasteiger partial charge in [0.05, 0.1) is 17.6 Å². The van der Waals surface area contributed by atoms with Gasteiger partial charge in [0.2, 0.25) is 5.82 Å². The zero-order valence-corrected chi connectivity index (χ0v) is 13.9. The lowest BCUT2D eigenvalue weighted by Crippen LogP contribution is -2.14. The first-order valence-electron chi connectivity index (χ1n) is 8.63. The molecule has 0 fully saturated rings. The maximum absolute atomic E-state index is 14.2. The number of hydrogen-bond donors (Lipinski definition) is 1. The van der Waals surface area contributed by atoms with E-state index in [0.29, 0.717) is 23.0 Å². The average molecular weight is 349 g/mol. The van der Waals surface area contributed by atoms with Crippen molar-refractivity contribution in [1.82, 2.24) is 19.6 Å². The molecule has 6 nitrogen and oxygen atoms in total. The van der Waals surface area contributed by atoms with Crippen molar-refractivity contribution < 1.29 is 8.81 Å². The predicted octanol–water partition coefficient (Wildman–Crippen LogP) is 4.15. The van der Waals surface area contributed by atoms with Crippen LogP contribution in [0.2, 0.25) is 0 Å². The second kappa shape index (κ2) is 5.94. The Hall–Kier alpha value is -3.22. The fourth-order valence-corrected chi connectivity index (χ4v) is 3.37. The van der Waals surface area contributed by atoms with Crippen LogP contribution in [0.4, 0.5) is 15.9 Å². The van der Waals surface area contributed by atoms with E-state index in [1.165, 1.54) is 6.07 Å². The van der Waals surface area contributed by atoms with E-state index in [1.54, 1.807) is 41.1 Å². The zero-order valence-electron chi connectivity index (χ0n) is 13.9. The Morgan fingerprint density at radius 3 is 2.77 bits per heavy atom. The number of hydrogen-bond acceptors (Lipinski definition) is 5. The quantitative estimate of drug-likeness (QED) is 0.602. The minimum absolute atomic E-state index is 0.312. The van der Waals surface area contributed by atoms with Crippen molar-refractivity contribution in [3.8, 4) is 11.6 Å². The van der Waals surface area contributed by atoms with E-state index >= 15 is 0 Å². The minimum atomic E-state index is -0.312. The van der Waals surface area contributed by atoms with Gasteiger partial charge >= 0.3 is 0 Å². The highest BCUT2D eigenvalue weighted by molar-refractivity contribution is 5.65.